The van der Waals surface area contributed by atoms with Crippen molar-refractivity contribution in [2.75, 3.05) is 21.3 Å². The van der Waals surface area contributed by atoms with Gasteiger partial charge in [-0.2, -0.15) is 0 Å². The summed E-state index contributed by atoms with van der Waals surface area (Å²) in [5.74, 6) is 0. The van der Waals surface area contributed by atoms with E-state index in [4.69, 9.17) is 13.3 Å². The van der Waals surface area contributed by atoms with Crippen LogP contribution in [0.5, 0.6) is 0 Å². The van der Waals surface area contributed by atoms with Crippen LogP contribution >= 0.6 is 0 Å². The van der Waals surface area contributed by atoms with Crippen molar-refractivity contribution in [2.45, 2.75) is 84.0 Å². The first-order valence-corrected chi connectivity index (χ1v) is 10.9. The number of unbranched alkanes of at least 4 members (excludes halogenated alkanes) is 11. The molecule has 0 aliphatic carbocycles. The zero-order valence-electron chi connectivity index (χ0n) is 15.4. The van der Waals surface area contributed by atoms with Crippen LogP contribution in [0.3, 0.4) is 0 Å². The van der Waals surface area contributed by atoms with Gasteiger partial charge in [-0.3, -0.25) is 0 Å². The molecule has 0 radical (unpaired) electrons. The van der Waals surface area contributed by atoms with E-state index in [9.17, 15) is 0 Å². The molecule has 4 heteroatoms. The largest absolute Gasteiger partial charge is 0.528 e. The second kappa shape index (κ2) is 15.7. The minimum atomic E-state index is -2.50. The highest BCUT2D eigenvalue weighted by molar-refractivity contribution is 6.66. The summed E-state index contributed by atoms with van der Waals surface area (Å²) in [6, 6.07) is 0. The molecule has 0 aromatic heterocycles. The van der Waals surface area contributed by atoms with E-state index in [1.807, 2.05) is 5.70 Å². The molecule has 22 heavy (non-hydrogen) atoms. The maximum absolute atomic E-state index is 5.35. The molecule has 3 nitrogen and oxygen atoms in total. The molecule has 0 saturated heterocycles. The summed E-state index contributed by atoms with van der Waals surface area (Å²) >= 11 is 0. The minimum Gasteiger partial charge on any atom is -0.374 e. The van der Waals surface area contributed by atoms with Gasteiger partial charge in [-0.25, -0.2) is 0 Å². The Morgan fingerprint density at radius 1 is 0.636 bits per heavy atom. The van der Waals surface area contributed by atoms with Gasteiger partial charge in [0, 0.05) is 21.3 Å². The molecule has 132 valence electrons. The third-order valence-electron chi connectivity index (χ3n) is 4.15. The smallest absolute Gasteiger partial charge is 0.374 e. The standard InChI is InChI=1S/C18H38O3Si/c1-5-6-7-8-9-10-11-12-13-14-15-16-17-18-22(19-2,20-3)21-4/h17-18H,5-16H2,1-4H3/b18-17+. The lowest BCUT2D eigenvalue weighted by molar-refractivity contribution is 0.138. The molecule has 0 aromatic rings. The van der Waals surface area contributed by atoms with Crippen molar-refractivity contribution in [1.82, 2.24) is 0 Å². The first-order chi connectivity index (χ1) is 10.7. The molecular weight excluding hydrogens is 292 g/mol. The van der Waals surface area contributed by atoms with E-state index < -0.39 is 8.80 Å². The van der Waals surface area contributed by atoms with E-state index in [1.165, 1.54) is 70.6 Å². The van der Waals surface area contributed by atoms with Gasteiger partial charge >= 0.3 is 8.80 Å². The second-order valence-electron chi connectivity index (χ2n) is 5.94. The minimum absolute atomic E-state index is 1.09. The molecule has 0 spiro atoms. The van der Waals surface area contributed by atoms with Crippen molar-refractivity contribution in [1.29, 1.82) is 0 Å². The lowest BCUT2D eigenvalue weighted by atomic mass is 10.1. The van der Waals surface area contributed by atoms with Crippen LogP contribution in [0.4, 0.5) is 0 Å². The molecule has 0 fully saturated rings. The number of hydrogen-bond acceptors (Lipinski definition) is 3. The normalized spacial score (nSPS) is 12.4. The molecule has 0 atom stereocenters. The lowest BCUT2D eigenvalue weighted by Gasteiger charge is -2.20. The first-order valence-electron chi connectivity index (χ1n) is 9.07. The molecule has 0 bridgehead atoms. The summed E-state index contributed by atoms with van der Waals surface area (Å²) in [6.45, 7) is 2.27. The highest BCUT2D eigenvalue weighted by Gasteiger charge is 2.33. The van der Waals surface area contributed by atoms with Crippen molar-refractivity contribution < 1.29 is 13.3 Å². The van der Waals surface area contributed by atoms with Crippen LogP contribution in [-0.4, -0.2) is 30.1 Å². The van der Waals surface area contributed by atoms with E-state index in [-0.39, 0.29) is 0 Å². The Balaban J connectivity index is 3.39. The molecule has 0 aromatic carbocycles. The quantitative estimate of drug-likeness (QED) is 0.270. The van der Waals surface area contributed by atoms with Crippen molar-refractivity contribution >= 4 is 8.80 Å². The molecule has 0 N–H and O–H groups in total. The third kappa shape index (κ3) is 11.4. The van der Waals surface area contributed by atoms with Crippen molar-refractivity contribution in [2.24, 2.45) is 0 Å². The zero-order valence-corrected chi connectivity index (χ0v) is 16.4. The molecule has 0 aliphatic rings. The van der Waals surface area contributed by atoms with Crippen LogP contribution in [0.25, 0.3) is 0 Å². The fourth-order valence-corrected chi connectivity index (χ4v) is 3.97. The highest BCUT2D eigenvalue weighted by Crippen LogP contribution is 2.13. The zero-order chi connectivity index (χ0) is 16.5. The first kappa shape index (κ1) is 21.8. The van der Waals surface area contributed by atoms with Gasteiger partial charge in [-0.1, -0.05) is 77.2 Å². The van der Waals surface area contributed by atoms with Gasteiger partial charge in [0.15, 0.2) is 0 Å². The topological polar surface area (TPSA) is 27.7 Å². The molecule has 0 saturated carbocycles. The van der Waals surface area contributed by atoms with Gasteiger partial charge in [0.2, 0.25) is 0 Å². The molecule has 0 rings (SSSR count). The molecular formula is C18H38O3Si. The Labute approximate surface area is 139 Å². The average Bonchev–Trinajstić information content (AvgIpc) is 2.56. The summed E-state index contributed by atoms with van der Waals surface area (Å²) in [5.41, 5.74) is 1.99. The van der Waals surface area contributed by atoms with Gasteiger partial charge in [0.25, 0.3) is 0 Å². The van der Waals surface area contributed by atoms with E-state index in [0.29, 0.717) is 0 Å². The monoisotopic (exact) mass is 330 g/mol. The van der Waals surface area contributed by atoms with Crippen molar-refractivity contribution in [3.8, 4) is 0 Å². The van der Waals surface area contributed by atoms with Gasteiger partial charge in [-0.15, -0.1) is 0 Å². The van der Waals surface area contributed by atoms with E-state index in [2.05, 4.69) is 13.0 Å². The molecule has 0 heterocycles. The Morgan fingerprint density at radius 3 is 1.45 bits per heavy atom. The maximum Gasteiger partial charge on any atom is 0.528 e. The van der Waals surface area contributed by atoms with E-state index >= 15 is 0 Å². The third-order valence-corrected chi connectivity index (χ3v) is 6.50. The fraction of sp³-hybridized carbons (Fsp3) is 0.889. The SMILES string of the molecule is CCCCCCCCCCCCC/C=C/[Si](OC)(OC)OC. The van der Waals surface area contributed by atoms with Gasteiger partial charge in [0.1, 0.15) is 0 Å². The molecule has 0 aliphatic heterocycles. The Bertz CT molecular complexity index is 244. The van der Waals surface area contributed by atoms with Crippen LogP contribution in [0.1, 0.15) is 84.0 Å². The summed E-state index contributed by atoms with van der Waals surface area (Å²) in [5, 5.41) is 0. The van der Waals surface area contributed by atoms with Crippen molar-refractivity contribution in [3.63, 3.8) is 0 Å². The summed E-state index contributed by atoms with van der Waals surface area (Å²) < 4.78 is 16.1. The predicted octanol–water partition coefficient (Wildman–Crippen LogP) is 5.66. The van der Waals surface area contributed by atoms with Crippen LogP contribution in [0.2, 0.25) is 0 Å². The maximum atomic E-state index is 5.35. The Hall–Kier alpha value is -0.163. The van der Waals surface area contributed by atoms with Crippen LogP contribution < -0.4 is 0 Å². The second-order valence-corrected chi connectivity index (χ2v) is 8.71. The fourth-order valence-electron chi connectivity index (χ4n) is 2.61. The molecule has 0 unspecified atom stereocenters. The Morgan fingerprint density at radius 2 is 1.05 bits per heavy atom. The van der Waals surface area contributed by atoms with Gasteiger partial charge < -0.3 is 13.3 Å². The highest BCUT2D eigenvalue weighted by atomic mass is 28.4. The number of rotatable bonds is 16. The summed E-state index contributed by atoms with van der Waals surface area (Å²) in [4.78, 5) is 0. The van der Waals surface area contributed by atoms with Crippen LogP contribution in [0, 0.1) is 0 Å². The van der Waals surface area contributed by atoms with Gasteiger partial charge in [-0.05, 0) is 18.5 Å². The van der Waals surface area contributed by atoms with Crippen LogP contribution in [0.15, 0.2) is 11.8 Å². The summed E-state index contributed by atoms with van der Waals surface area (Å²) in [7, 11) is 2.44. The van der Waals surface area contributed by atoms with E-state index in [1.54, 1.807) is 21.3 Å². The average molecular weight is 331 g/mol. The Kier molecular flexibility index (Phi) is 15.6. The number of hydrogen-bond donors (Lipinski definition) is 0. The van der Waals surface area contributed by atoms with Crippen molar-refractivity contribution in [3.05, 3.63) is 11.8 Å². The lowest BCUT2D eigenvalue weighted by Crippen LogP contribution is -2.40. The van der Waals surface area contributed by atoms with Crippen LogP contribution in [-0.2, 0) is 13.3 Å². The van der Waals surface area contributed by atoms with E-state index in [0.717, 1.165) is 6.42 Å². The summed E-state index contributed by atoms with van der Waals surface area (Å²) in [6.07, 6.45) is 18.4. The number of allylic oxidation sites excluding steroid dienone is 1. The molecule has 0 amide bonds. The predicted molar refractivity (Wildman–Crippen MR) is 97.0 cm³/mol. The van der Waals surface area contributed by atoms with Gasteiger partial charge in [0.05, 0.1) is 0 Å².